The molecule has 0 aliphatic carbocycles. The summed E-state index contributed by atoms with van der Waals surface area (Å²) in [5.41, 5.74) is 0. The Kier molecular flexibility index (Phi) is 5.51. The molecule has 0 fully saturated rings. The Morgan fingerprint density at radius 3 is 2.40 bits per heavy atom. The van der Waals surface area contributed by atoms with Crippen LogP contribution in [-0.4, -0.2) is 29.8 Å². The van der Waals surface area contributed by atoms with E-state index in [4.69, 9.17) is 4.74 Å². The first-order chi connectivity index (χ1) is 6.95. The fraction of sp³-hybridized carbons (Fsp3) is 0.778. The summed E-state index contributed by atoms with van der Waals surface area (Å²) in [6.07, 6.45) is 0.529. The first-order valence-electron chi connectivity index (χ1n) is 4.71. The molecule has 0 aliphatic heterocycles. The van der Waals surface area contributed by atoms with Crippen molar-refractivity contribution in [2.24, 2.45) is 11.8 Å². The fourth-order valence-corrected chi connectivity index (χ4v) is 1.31. The third-order valence-corrected chi connectivity index (χ3v) is 2.19. The van der Waals surface area contributed by atoms with Crippen LogP contribution < -0.4 is 0 Å². The average Bonchev–Trinajstić information content (AvgIpc) is 2.17. The lowest BCUT2D eigenvalue weighted by Gasteiger charge is -2.18. The first-order valence-corrected chi connectivity index (χ1v) is 4.71. The van der Waals surface area contributed by atoms with Crippen molar-refractivity contribution in [1.82, 2.24) is 0 Å². The van der Waals surface area contributed by atoms with Crippen LogP contribution in [0.5, 0.6) is 0 Å². The molecule has 0 bridgehead atoms. The topological polar surface area (TPSA) is 86.5 Å². The molecule has 0 aromatic heterocycles. The van der Waals surface area contributed by atoms with Gasteiger partial charge in [0, 0.05) is 17.8 Å². The fourth-order valence-electron chi connectivity index (χ4n) is 1.31. The van der Waals surface area contributed by atoms with E-state index < -0.39 is 28.8 Å². The van der Waals surface area contributed by atoms with Gasteiger partial charge in [0.2, 0.25) is 6.04 Å². The molecule has 0 aromatic carbocycles. The van der Waals surface area contributed by atoms with Crippen molar-refractivity contribution in [3.05, 3.63) is 10.1 Å². The minimum Gasteiger partial charge on any atom is -0.466 e. The van der Waals surface area contributed by atoms with Crippen molar-refractivity contribution >= 4 is 12.3 Å². The Morgan fingerprint density at radius 1 is 1.53 bits per heavy atom. The van der Waals surface area contributed by atoms with Crippen molar-refractivity contribution in [1.29, 1.82) is 0 Å². The number of aldehydes is 1. The molecule has 0 saturated carbocycles. The number of nitro groups is 1. The molecule has 6 heteroatoms. The van der Waals surface area contributed by atoms with Crippen LogP contribution in [0.15, 0.2) is 0 Å². The lowest BCUT2D eigenvalue weighted by Crippen LogP contribution is -2.38. The van der Waals surface area contributed by atoms with Crippen LogP contribution in [-0.2, 0) is 14.3 Å². The minimum atomic E-state index is -1.12. The van der Waals surface area contributed by atoms with Gasteiger partial charge < -0.3 is 9.53 Å². The maximum atomic E-state index is 11.4. The Labute approximate surface area is 87.7 Å². The molecular weight excluding hydrogens is 202 g/mol. The monoisotopic (exact) mass is 217 g/mol. The molecule has 0 N–H and O–H groups in total. The molecule has 6 nitrogen and oxygen atoms in total. The van der Waals surface area contributed by atoms with Gasteiger partial charge in [-0.25, -0.2) is 0 Å². The van der Waals surface area contributed by atoms with Gasteiger partial charge in [-0.05, 0) is 6.92 Å². The Balaban J connectivity index is 4.79. The molecule has 0 aliphatic rings. The quantitative estimate of drug-likeness (QED) is 0.282. The zero-order chi connectivity index (χ0) is 12.0. The standard InChI is InChI=1S/C9H15NO5/c1-4-15-9(12)8(6(2)5-11)7(3)10(13)14/h5-8H,4H2,1-3H3/t6-,7+,8+/m0/s1. The number of carbonyl (C=O) groups is 2. The van der Waals surface area contributed by atoms with Gasteiger partial charge in [0.05, 0.1) is 6.61 Å². The predicted molar refractivity (Wildman–Crippen MR) is 51.8 cm³/mol. The second kappa shape index (κ2) is 6.10. The number of ether oxygens (including phenoxy) is 1. The molecule has 0 spiro atoms. The van der Waals surface area contributed by atoms with Crippen LogP contribution in [0.25, 0.3) is 0 Å². The minimum absolute atomic E-state index is 0.144. The van der Waals surface area contributed by atoms with Crippen LogP contribution >= 0.6 is 0 Å². The summed E-state index contributed by atoms with van der Waals surface area (Å²) in [6, 6.07) is -1.12. The van der Waals surface area contributed by atoms with Gasteiger partial charge in [-0.2, -0.15) is 0 Å². The van der Waals surface area contributed by atoms with E-state index in [0.29, 0.717) is 6.29 Å². The van der Waals surface area contributed by atoms with Gasteiger partial charge in [-0.15, -0.1) is 0 Å². The van der Waals surface area contributed by atoms with E-state index in [-0.39, 0.29) is 6.61 Å². The highest BCUT2D eigenvalue weighted by molar-refractivity contribution is 5.77. The molecule has 0 aromatic rings. The van der Waals surface area contributed by atoms with Crippen LogP contribution in [0.2, 0.25) is 0 Å². The highest BCUT2D eigenvalue weighted by Crippen LogP contribution is 2.18. The van der Waals surface area contributed by atoms with E-state index >= 15 is 0 Å². The van der Waals surface area contributed by atoms with Crippen molar-refractivity contribution in [2.45, 2.75) is 26.8 Å². The second-order valence-corrected chi connectivity index (χ2v) is 3.30. The first kappa shape index (κ1) is 13.5. The number of hydrogen-bond acceptors (Lipinski definition) is 5. The Hall–Kier alpha value is -1.46. The molecule has 0 heterocycles. The number of rotatable bonds is 6. The predicted octanol–water partition coefficient (Wildman–Crippen LogP) is 0.666. The summed E-state index contributed by atoms with van der Waals surface area (Å²) < 4.78 is 4.70. The average molecular weight is 217 g/mol. The van der Waals surface area contributed by atoms with Crippen molar-refractivity contribution in [2.75, 3.05) is 6.61 Å². The summed E-state index contributed by atoms with van der Waals surface area (Å²) in [5, 5.41) is 10.6. The van der Waals surface area contributed by atoms with Gasteiger partial charge in [-0.3, -0.25) is 14.9 Å². The van der Waals surface area contributed by atoms with E-state index in [0.717, 1.165) is 0 Å². The SMILES string of the molecule is CCOC(=O)[C@@H]([C@@H](C)[N+](=O)[O-])[C@@H](C)C=O. The van der Waals surface area contributed by atoms with Gasteiger partial charge in [-0.1, -0.05) is 6.92 Å². The molecule has 86 valence electrons. The largest absolute Gasteiger partial charge is 0.466 e. The van der Waals surface area contributed by atoms with Gasteiger partial charge in [0.15, 0.2) is 0 Å². The number of esters is 1. The third kappa shape index (κ3) is 3.65. The third-order valence-electron chi connectivity index (χ3n) is 2.19. The van der Waals surface area contributed by atoms with Crippen molar-refractivity contribution in [3.8, 4) is 0 Å². The van der Waals surface area contributed by atoms with E-state index in [2.05, 4.69) is 0 Å². The molecule has 0 amide bonds. The normalized spacial score (nSPS) is 16.2. The lowest BCUT2D eigenvalue weighted by molar-refractivity contribution is -0.526. The highest BCUT2D eigenvalue weighted by atomic mass is 16.6. The van der Waals surface area contributed by atoms with Gasteiger partial charge >= 0.3 is 5.97 Å². The van der Waals surface area contributed by atoms with Crippen LogP contribution in [0.1, 0.15) is 20.8 Å². The summed E-state index contributed by atoms with van der Waals surface area (Å²) >= 11 is 0. The summed E-state index contributed by atoms with van der Waals surface area (Å²) in [4.78, 5) is 31.9. The van der Waals surface area contributed by atoms with Crippen molar-refractivity contribution < 1.29 is 19.2 Å². The number of nitrogens with zero attached hydrogens (tertiary/aromatic N) is 1. The molecule has 3 atom stereocenters. The van der Waals surface area contributed by atoms with Crippen molar-refractivity contribution in [3.63, 3.8) is 0 Å². The van der Waals surface area contributed by atoms with Gasteiger partial charge in [0.25, 0.3) is 0 Å². The van der Waals surface area contributed by atoms with E-state index in [1.807, 2.05) is 0 Å². The highest BCUT2D eigenvalue weighted by Gasteiger charge is 2.38. The lowest BCUT2D eigenvalue weighted by atomic mass is 9.89. The zero-order valence-corrected chi connectivity index (χ0v) is 9.00. The van der Waals surface area contributed by atoms with E-state index in [9.17, 15) is 19.7 Å². The maximum Gasteiger partial charge on any atom is 0.316 e. The summed E-state index contributed by atoms with van der Waals surface area (Å²) in [7, 11) is 0. The Bertz CT molecular complexity index is 253. The van der Waals surface area contributed by atoms with Gasteiger partial charge in [0.1, 0.15) is 12.2 Å². The molecule has 0 rings (SSSR count). The summed E-state index contributed by atoms with van der Waals surface area (Å²) in [6.45, 7) is 4.51. The van der Waals surface area contributed by atoms with Crippen LogP contribution in [0.3, 0.4) is 0 Å². The van der Waals surface area contributed by atoms with Crippen LogP contribution in [0, 0.1) is 22.0 Å². The van der Waals surface area contributed by atoms with E-state index in [1.54, 1.807) is 6.92 Å². The smallest absolute Gasteiger partial charge is 0.316 e. The zero-order valence-electron chi connectivity index (χ0n) is 9.00. The maximum absolute atomic E-state index is 11.4. The van der Waals surface area contributed by atoms with Crippen LogP contribution in [0.4, 0.5) is 0 Å². The molecule has 0 radical (unpaired) electrons. The van der Waals surface area contributed by atoms with E-state index in [1.165, 1.54) is 13.8 Å². The number of carbonyl (C=O) groups excluding carboxylic acids is 2. The second-order valence-electron chi connectivity index (χ2n) is 3.30. The number of hydrogen-bond donors (Lipinski definition) is 0. The molecule has 0 saturated heterocycles. The molecule has 15 heavy (non-hydrogen) atoms. The summed E-state index contributed by atoms with van der Waals surface area (Å²) in [5.74, 6) is -2.43. The molecule has 0 unspecified atom stereocenters. The molecular formula is C9H15NO5. The Morgan fingerprint density at radius 2 is 2.07 bits per heavy atom.